The van der Waals surface area contributed by atoms with Gasteiger partial charge in [0, 0.05) is 13.1 Å². The maximum absolute atomic E-state index is 12.3. The van der Waals surface area contributed by atoms with Crippen LogP contribution in [-0.2, 0) is 9.59 Å². The molecule has 2 aromatic rings. The second-order valence-corrected chi connectivity index (χ2v) is 5.47. The van der Waals surface area contributed by atoms with Gasteiger partial charge in [-0.1, -0.05) is 30.3 Å². The van der Waals surface area contributed by atoms with Crippen molar-refractivity contribution in [3.8, 4) is 5.75 Å². The molecule has 2 amide bonds. The van der Waals surface area contributed by atoms with E-state index in [0.717, 1.165) is 17.1 Å². The van der Waals surface area contributed by atoms with E-state index in [-0.39, 0.29) is 25.0 Å². The lowest BCUT2D eigenvalue weighted by molar-refractivity contribution is -0.137. The van der Waals surface area contributed by atoms with Crippen molar-refractivity contribution < 1.29 is 19.1 Å². The van der Waals surface area contributed by atoms with Crippen LogP contribution in [0.3, 0.4) is 0 Å². The molecule has 0 aliphatic carbocycles. The minimum Gasteiger partial charge on any atom is -0.483 e. The summed E-state index contributed by atoms with van der Waals surface area (Å²) in [6, 6.07) is 11.0. The first-order chi connectivity index (χ1) is 12.1. The molecule has 0 spiro atoms. The topological polar surface area (TPSA) is 75.7 Å². The van der Waals surface area contributed by atoms with Crippen molar-refractivity contribution in [1.29, 1.82) is 0 Å². The van der Waals surface area contributed by atoms with Gasteiger partial charge in [0.1, 0.15) is 5.75 Å². The summed E-state index contributed by atoms with van der Waals surface area (Å²) in [5.41, 5.74) is 0.415. The van der Waals surface area contributed by atoms with Gasteiger partial charge in [0.2, 0.25) is 5.91 Å². The summed E-state index contributed by atoms with van der Waals surface area (Å²) in [5, 5.41) is 4.36. The summed E-state index contributed by atoms with van der Waals surface area (Å²) < 4.78 is 5.57. The smallest absolute Gasteiger partial charge is 0.260 e. The zero-order chi connectivity index (χ0) is 18.2. The van der Waals surface area contributed by atoms with Crippen LogP contribution in [0.1, 0.15) is 24.2 Å². The van der Waals surface area contributed by atoms with Crippen molar-refractivity contribution in [3.05, 3.63) is 42.0 Å². The first-order valence-electron chi connectivity index (χ1n) is 8.24. The minimum atomic E-state index is -0.307. The molecule has 25 heavy (non-hydrogen) atoms. The number of hydrogen-bond acceptors (Lipinski definition) is 4. The van der Waals surface area contributed by atoms with Gasteiger partial charge >= 0.3 is 0 Å². The lowest BCUT2D eigenvalue weighted by atomic mass is 10.0. The molecule has 0 unspecified atom stereocenters. The van der Waals surface area contributed by atoms with Gasteiger partial charge in [-0.25, -0.2) is 0 Å². The molecule has 2 aromatic carbocycles. The third-order valence-corrected chi connectivity index (χ3v) is 3.84. The molecule has 0 fully saturated rings. The first-order valence-corrected chi connectivity index (χ1v) is 8.24. The molecule has 0 heterocycles. The molecular formula is C19H22N2O4. The van der Waals surface area contributed by atoms with E-state index in [9.17, 15) is 14.4 Å². The van der Waals surface area contributed by atoms with E-state index >= 15 is 0 Å². The number of ether oxygens (including phenoxy) is 1. The highest BCUT2D eigenvalue weighted by atomic mass is 16.5. The quantitative estimate of drug-likeness (QED) is 0.745. The number of carbonyl (C=O) groups excluding carboxylic acids is 3. The summed E-state index contributed by atoms with van der Waals surface area (Å²) >= 11 is 0. The summed E-state index contributed by atoms with van der Waals surface area (Å²) in [5.74, 6) is -0.160. The Morgan fingerprint density at radius 3 is 2.60 bits per heavy atom. The second kappa shape index (κ2) is 8.82. The van der Waals surface area contributed by atoms with Crippen molar-refractivity contribution in [2.24, 2.45) is 0 Å². The van der Waals surface area contributed by atoms with E-state index < -0.39 is 0 Å². The first kappa shape index (κ1) is 18.4. The van der Waals surface area contributed by atoms with Crippen LogP contribution >= 0.6 is 0 Å². The predicted molar refractivity (Wildman–Crippen MR) is 95.8 cm³/mol. The molecule has 2 rings (SSSR count). The van der Waals surface area contributed by atoms with E-state index in [1.54, 1.807) is 13.0 Å². The zero-order valence-corrected chi connectivity index (χ0v) is 14.5. The number of aldehydes is 1. The maximum Gasteiger partial charge on any atom is 0.260 e. The molecule has 6 nitrogen and oxygen atoms in total. The van der Waals surface area contributed by atoms with Crippen LogP contribution in [0.2, 0.25) is 0 Å². The molecule has 0 aliphatic rings. The van der Waals surface area contributed by atoms with Gasteiger partial charge in [0.25, 0.3) is 5.91 Å². The van der Waals surface area contributed by atoms with Crippen molar-refractivity contribution in [3.63, 3.8) is 0 Å². The molecule has 0 atom stereocenters. The van der Waals surface area contributed by atoms with Crippen LogP contribution in [0, 0.1) is 0 Å². The normalized spacial score (nSPS) is 10.3. The van der Waals surface area contributed by atoms with Gasteiger partial charge in [0.15, 0.2) is 12.9 Å². The van der Waals surface area contributed by atoms with Crippen molar-refractivity contribution >= 4 is 28.9 Å². The molecule has 0 saturated carbocycles. The lowest BCUT2D eigenvalue weighted by Gasteiger charge is -2.20. The average molecular weight is 342 g/mol. The molecule has 6 heteroatoms. The SMILES string of the molecule is CCNC(=O)CN(CC)C(=O)COc1ccc2ccccc2c1C=O. The van der Waals surface area contributed by atoms with Crippen LogP contribution in [0.5, 0.6) is 5.75 Å². The average Bonchev–Trinajstić information content (AvgIpc) is 2.63. The Hall–Kier alpha value is -2.89. The number of fused-ring (bicyclic) bond motifs is 1. The monoisotopic (exact) mass is 342 g/mol. The zero-order valence-electron chi connectivity index (χ0n) is 14.5. The number of benzene rings is 2. The summed E-state index contributed by atoms with van der Waals surface area (Å²) in [6.07, 6.45) is 0.731. The number of nitrogens with zero attached hydrogens (tertiary/aromatic N) is 1. The number of likely N-dealkylation sites (N-methyl/N-ethyl adjacent to an activating group) is 2. The van der Waals surface area contributed by atoms with Gasteiger partial charge in [0.05, 0.1) is 12.1 Å². The molecule has 0 radical (unpaired) electrons. The molecule has 132 valence electrons. The fourth-order valence-corrected chi connectivity index (χ4v) is 2.56. The number of hydrogen-bond donors (Lipinski definition) is 1. The molecule has 0 aromatic heterocycles. The standard InChI is InChI=1S/C19H22N2O4/c1-3-20-18(23)11-21(4-2)19(24)13-25-17-10-9-14-7-5-6-8-15(14)16(17)12-22/h5-10,12H,3-4,11,13H2,1-2H3,(H,20,23). The Kier molecular flexibility index (Phi) is 6.51. The maximum atomic E-state index is 12.3. The number of nitrogens with one attached hydrogen (secondary N) is 1. The molecule has 0 saturated heterocycles. The highest BCUT2D eigenvalue weighted by Crippen LogP contribution is 2.26. The van der Waals surface area contributed by atoms with Crippen LogP contribution in [0.25, 0.3) is 10.8 Å². The highest BCUT2D eigenvalue weighted by Gasteiger charge is 2.17. The third-order valence-electron chi connectivity index (χ3n) is 3.84. The Labute approximate surface area is 146 Å². The molecule has 1 N–H and O–H groups in total. The van der Waals surface area contributed by atoms with Crippen molar-refractivity contribution in [2.45, 2.75) is 13.8 Å². The number of amides is 2. The van der Waals surface area contributed by atoms with Crippen LogP contribution in [0.4, 0.5) is 0 Å². The van der Waals surface area contributed by atoms with E-state index in [4.69, 9.17) is 4.74 Å². The number of carbonyl (C=O) groups is 3. The van der Waals surface area contributed by atoms with Gasteiger partial charge in [-0.3, -0.25) is 14.4 Å². The summed E-state index contributed by atoms with van der Waals surface area (Å²) in [4.78, 5) is 36.8. The summed E-state index contributed by atoms with van der Waals surface area (Å²) in [7, 11) is 0. The van der Waals surface area contributed by atoms with Crippen LogP contribution in [0.15, 0.2) is 36.4 Å². The minimum absolute atomic E-state index is 0.00914. The van der Waals surface area contributed by atoms with Gasteiger partial charge in [-0.15, -0.1) is 0 Å². The molecule has 0 aliphatic heterocycles. The van der Waals surface area contributed by atoms with E-state index in [1.165, 1.54) is 4.90 Å². The van der Waals surface area contributed by atoms with Crippen LogP contribution in [-0.4, -0.2) is 49.2 Å². The fraction of sp³-hybridized carbons (Fsp3) is 0.316. The second-order valence-electron chi connectivity index (χ2n) is 5.47. The summed E-state index contributed by atoms with van der Waals surface area (Å²) in [6.45, 7) is 4.29. The predicted octanol–water partition coefficient (Wildman–Crippen LogP) is 2.02. The van der Waals surface area contributed by atoms with Crippen molar-refractivity contribution in [2.75, 3.05) is 26.2 Å². The van der Waals surface area contributed by atoms with E-state index in [1.807, 2.05) is 37.3 Å². The largest absolute Gasteiger partial charge is 0.483 e. The third kappa shape index (κ3) is 4.56. The molecule has 0 bridgehead atoms. The van der Waals surface area contributed by atoms with Crippen LogP contribution < -0.4 is 10.1 Å². The highest BCUT2D eigenvalue weighted by molar-refractivity contribution is 6.00. The number of rotatable bonds is 8. The Bertz CT molecular complexity index is 773. The van der Waals surface area contributed by atoms with Crippen molar-refractivity contribution in [1.82, 2.24) is 10.2 Å². The van der Waals surface area contributed by atoms with Gasteiger partial charge in [-0.05, 0) is 30.7 Å². The van der Waals surface area contributed by atoms with Gasteiger partial charge < -0.3 is 15.0 Å². The van der Waals surface area contributed by atoms with E-state index in [2.05, 4.69) is 5.32 Å². The lowest BCUT2D eigenvalue weighted by Crippen LogP contribution is -2.42. The molecular weight excluding hydrogens is 320 g/mol. The van der Waals surface area contributed by atoms with Gasteiger partial charge in [-0.2, -0.15) is 0 Å². The Morgan fingerprint density at radius 1 is 1.16 bits per heavy atom. The fourth-order valence-electron chi connectivity index (χ4n) is 2.56. The Balaban J connectivity index is 2.09. The van der Waals surface area contributed by atoms with E-state index in [0.29, 0.717) is 24.4 Å². The Morgan fingerprint density at radius 2 is 1.92 bits per heavy atom.